The van der Waals surface area contributed by atoms with Gasteiger partial charge in [-0.05, 0) is 6.42 Å². The third-order valence-corrected chi connectivity index (χ3v) is 0.289. The first-order chi connectivity index (χ1) is 2.27. The largest absolute Gasteiger partial charge is 2.00 e. The van der Waals surface area contributed by atoms with Gasteiger partial charge in [-0.25, -0.2) is 0 Å². The van der Waals surface area contributed by atoms with Crippen molar-refractivity contribution in [2.45, 2.75) is 13.3 Å². The molecular formula is C3H5O2Sr+. The maximum Gasteiger partial charge on any atom is 2.00 e. The van der Waals surface area contributed by atoms with Gasteiger partial charge >= 0.3 is 45.5 Å². The molecule has 0 unspecified atom stereocenters. The second-order valence-corrected chi connectivity index (χ2v) is 0.726. The normalized spacial score (nSPS) is 6.17. The molecule has 0 saturated carbocycles. The first-order valence-electron chi connectivity index (χ1n) is 1.47. The third kappa shape index (κ3) is 8.87. The maximum atomic E-state index is 9.26. The van der Waals surface area contributed by atoms with Crippen LogP contribution in [-0.2, 0) is 4.79 Å². The van der Waals surface area contributed by atoms with E-state index in [2.05, 4.69) is 0 Å². The van der Waals surface area contributed by atoms with Crippen molar-refractivity contribution < 1.29 is 9.90 Å². The standard InChI is InChI=1S/C3H6O2.Sr/c1-2-3(4)5;/h2H2,1H3,(H,4,5);/q;+2/p-1. The molecule has 0 aliphatic rings. The van der Waals surface area contributed by atoms with Crippen LogP contribution in [0.3, 0.4) is 0 Å². The summed E-state index contributed by atoms with van der Waals surface area (Å²) >= 11 is 0. The maximum absolute atomic E-state index is 9.26. The van der Waals surface area contributed by atoms with Gasteiger partial charge in [-0.15, -0.1) is 0 Å². The van der Waals surface area contributed by atoms with Crippen LogP contribution >= 0.6 is 0 Å². The van der Waals surface area contributed by atoms with Crippen LogP contribution in [0.2, 0.25) is 0 Å². The molecule has 0 aromatic rings. The molecule has 0 bridgehead atoms. The number of hydrogen-bond acceptors (Lipinski definition) is 2. The van der Waals surface area contributed by atoms with Crippen molar-refractivity contribution >= 4 is 51.5 Å². The Morgan fingerprint density at radius 2 is 2.00 bits per heavy atom. The number of aliphatic carboxylic acids is 1. The van der Waals surface area contributed by atoms with Crippen LogP contribution in [0.5, 0.6) is 0 Å². The molecule has 3 heteroatoms. The molecule has 0 fully saturated rings. The molecule has 0 spiro atoms. The van der Waals surface area contributed by atoms with E-state index in [1.165, 1.54) is 6.92 Å². The predicted molar refractivity (Wildman–Crippen MR) is 21.1 cm³/mol. The third-order valence-electron chi connectivity index (χ3n) is 0.289. The number of carbonyl (C=O) groups excluding carboxylic acids is 1. The minimum atomic E-state index is -0.995. The van der Waals surface area contributed by atoms with Gasteiger partial charge in [-0.2, -0.15) is 0 Å². The van der Waals surface area contributed by atoms with Gasteiger partial charge in [0, 0.05) is 5.97 Å². The molecule has 0 aliphatic carbocycles. The molecule has 0 amide bonds. The quantitative estimate of drug-likeness (QED) is 0.451. The smallest absolute Gasteiger partial charge is 0.550 e. The first-order valence-corrected chi connectivity index (χ1v) is 1.47. The van der Waals surface area contributed by atoms with Gasteiger partial charge in [0.05, 0.1) is 0 Å². The summed E-state index contributed by atoms with van der Waals surface area (Å²) in [5.41, 5.74) is 0. The van der Waals surface area contributed by atoms with E-state index in [1.54, 1.807) is 0 Å². The molecule has 0 aliphatic heterocycles. The average molecular weight is 161 g/mol. The Morgan fingerprint density at radius 3 is 2.00 bits per heavy atom. The topological polar surface area (TPSA) is 40.1 Å². The van der Waals surface area contributed by atoms with Crippen LogP contribution in [0.1, 0.15) is 13.3 Å². The Bertz CT molecular complexity index is 44.1. The van der Waals surface area contributed by atoms with Crippen LogP contribution in [0.25, 0.3) is 0 Å². The Morgan fingerprint density at radius 1 is 1.83 bits per heavy atom. The fourth-order valence-electron chi connectivity index (χ4n) is 0. The van der Waals surface area contributed by atoms with Crippen LogP contribution in [-0.4, -0.2) is 51.5 Å². The van der Waals surface area contributed by atoms with Crippen LogP contribution in [0.4, 0.5) is 0 Å². The molecule has 0 aromatic heterocycles. The summed E-state index contributed by atoms with van der Waals surface area (Å²) < 4.78 is 0. The van der Waals surface area contributed by atoms with Crippen LogP contribution < -0.4 is 5.11 Å². The SMILES string of the molecule is CCC(=O)[O-].[Sr+2]. The van der Waals surface area contributed by atoms with Gasteiger partial charge in [0.2, 0.25) is 0 Å². The van der Waals surface area contributed by atoms with Crippen LogP contribution in [0.15, 0.2) is 0 Å². The van der Waals surface area contributed by atoms with Crippen molar-refractivity contribution in [1.82, 2.24) is 0 Å². The van der Waals surface area contributed by atoms with E-state index in [9.17, 15) is 9.90 Å². The summed E-state index contributed by atoms with van der Waals surface area (Å²) in [6.45, 7) is 1.54. The Labute approximate surface area is 73.8 Å². The zero-order valence-corrected chi connectivity index (χ0v) is 7.21. The van der Waals surface area contributed by atoms with Gasteiger partial charge in [0.15, 0.2) is 0 Å². The fourth-order valence-corrected chi connectivity index (χ4v) is 0. The summed E-state index contributed by atoms with van der Waals surface area (Å²) in [7, 11) is 0. The second-order valence-electron chi connectivity index (χ2n) is 0.726. The number of carbonyl (C=O) groups is 1. The Hall–Kier alpha value is 0.951. The molecular weight excluding hydrogens is 156 g/mol. The van der Waals surface area contributed by atoms with E-state index in [1.807, 2.05) is 0 Å². The van der Waals surface area contributed by atoms with Crippen molar-refractivity contribution in [3.63, 3.8) is 0 Å². The van der Waals surface area contributed by atoms with E-state index >= 15 is 0 Å². The van der Waals surface area contributed by atoms with Crippen molar-refractivity contribution in [3.8, 4) is 0 Å². The summed E-state index contributed by atoms with van der Waals surface area (Å²) in [5.74, 6) is -0.995. The van der Waals surface area contributed by atoms with Crippen molar-refractivity contribution in [2.75, 3.05) is 0 Å². The van der Waals surface area contributed by atoms with E-state index in [-0.39, 0.29) is 51.9 Å². The summed E-state index contributed by atoms with van der Waals surface area (Å²) in [6, 6.07) is 0. The predicted octanol–water partition coefficient (Wildman–Crippen LogP) is -1.23. The second kappa shape index (κ2) is 5.95. The molecule has 0 rings (SSSR count). The molecule has 30 valence electrons. The zero-order chi connectivity index (χ0) is 4.28. The van der Waals surface area contributed by atoms with E-state index in [0.717, 1.165) is 0 Å². The monoisotopic (exact) mass is 161 g/mol. The van der Waals surface area contributed by atoms with E-state index in [4.69, 9.17) is 0 Å². The summed E-state index contributed by atoms with van der Waals surface area (Å²) in [5, 5.41) is 9.26. The molecule has 0 radical (unpaired) electrons. The van der Waals surface area contributed by atoms with E-state index < -0.39 is 5.97 Å². The number of rotatable bonds is 1. The summed E-state index contributed by atoms with van der Waals surface area (Å²) in [4.78, 5) is 9.26. The number of carboxylic acid groups (broad SMARTS) is 1. The van der Waals surface area contributed by atoms with Crippen molar-refractivity contribution in [1.29, 1.82) is 0 Å². The number of hydrogen-bond donors (Lipinski definition) is 0. The van der Waals surface area contributed by atoms with Gasteiger partial charge < -0.3 is 9.90 Å². The molecule has 0 saturated heterocycles. The van der Waals surface area contributed by atoms with Gasteiger partial charge in [0.25, 0.3) is 0 Å². The summed E-state index contributed by atoms with van der Waals surface area (Å²) in [6.07, 6.45) is 0.111. The van der Waals surface area contributed by atoms with Gasteiger partial charge in [-0.1, -0.05) is 6.92 Å². The molecule has 0 atom stereocenters. The van der Waals surface area contributed by atoms with Crippen molar-refractivity contribution in [2.24, 2.45) is 0 Å². The molecule has 0 aromatic carbocycles. The fraction of sp³-hybridized carbons (Fsp3) is 0.667. The number of carboxylic acids is 1. The molecule has 0 heterocycles. The Kier molecular flexibility index (Phi) is 9.96. The van der Waals surface area contributed by atoms with Gasteiger partial charge in [-0.3, -0.25) is 0 Å². The minimum absolute atomic E-state index is 0. The van der Waals surface area contributed by atoms with E-state index in [0.29, 0.717) is 0 Å². The molecule has 6 heavy (non-hydrogen) atoms. The molecule has 2 nitrogen and oxygen atoms in total. The van der Waals surface area contributed by atoms with Crippen molar-refractivity contribution in [3.05, 3.63) is 0 Å². The minimum Gasteiger partial charge on any atom is -0.550 e. The van der Waals surface area contributed by atoms with Gasteiger partial charge in [0.1, 0.15) is 0 Å². The first kappa shape index (κ1) is 10.0. The zero-order valence-electron chi connectivity index (χ0n) is 3.73. The average Bonchev–Trinajstić information content (AvgIpc) is 1.38. The Balaban J connectivity index is 0. The molecule has 0 N–H and O–H groups in total. The van der Waals surface area contributed by atoms with Crippen LogP contribution in [0, 0.1) is 0 Å².